The lowest BCUT2D eigenvalue weighted by molar-refractivity contribution is -0.125. The van der Waals surface area contributed by atoms with Crippen molar-refractivity contribution in [3.05, 3.63) is 69.9 Å². The Bertz CT molecular complexity index is 895. The van der Waals surface area contributed by atoms with Gasteiger partial charge in [0.25, 0.3) is 5.91 Å². The Morgan fingerprint density at radius 3 is 2.45 bits per heavy atom. The van der Waals surface area contributed by atoms with Crippen LogP contribution < -0.4 is 10.9 Å². The summed E-state index contributed by atoms with van der Waals surface area (Å²) in [5.74, 6) is -0.682. The Kier molecular flexibility index (Phi) is 6.59. The van der Waals surface area contributed by atoms with E-state index in [-0.39, 0.29) is 42.0 Å². The van der Waals surface area contributed by atoms with E-state index in [4.69, 9.17) is 0 Å². The molecule has 1 heterocycles. The zero-order valence-electron chi connectivity index (χ0n) is 16.1. The lowest BCUT2D eigenvalue weighted by Crippen LogP contribution is -2.38. The number of hydrogen-bond acceptors (Lipinski definition) is 4. The predicted molar refractivity (Wildman–Crippen MR) is 106 cm³/mol. The normalized spacial score (nSPS) is 21.5. The molecule has 29 heavy (non-hydrogen) atoms. The van der Waals surface area contributed by atoms with E-state index in [9.17, 15) is 23.9 Å². The van der Waals surface area contributed by atoms with Crippen LogP contribution in [0.1, 0.15) is 48.0 Å². The van der Waals surface area contributed by atoms with E-state index in [2.05, 4.69) is 10.3 Å². The molecule has 2 aromatic rings. The summed E-state index contributed by atoms with van der Waals surface area (Å²) in [6.45, 7) is 0.229. The molecule has 154 valence electrons. The number of hydrogen-bond donors (Lipinski definition) is 3. The third kappa shape index (κ3) is 5.84. The average Bonchev–Trinajstić information content (AvgIpc) is 2.70. The van der Waals surface area contributed by atoms with Crippen LogP contribution in [0.4, 0.5) is 4.39 Å². The number of Topliss-reactive ketones (excluding diaryl/α,β-unsaturated/α-hetero) is 1. The third-order valence-corrected chi connectivity index (χ3v) is 5.52. The molecular formula is C22H25FN2O4. The first-order valence-corrected chi connectivity index (χ1v) is 9.81. The summed E-state index contributed by atoms with van der Waals surface area (Å²) in [6.07, 6.45) is 4.26. The third-order valence-electron chi connectivity index (χ3n) is 5.52. The Hall–Kier alpha value is -2.80. The summed E-state index contributed by atoms with van der Waals surface area (Å²) in [7, 11) is 0. The summed E-state index contributed by atoms with van der Waals surface area (Å²) in [5.41, 5.74) is 0.0604. The first-order chi connectivity index (χ1) is 13.8. The first kappa shape index (κ1) is 20.9. The van der Waals surface area contributed by atoms with Gasteiger partial charge in [-0.3, -0.25) is 14.4 Å². The van der Waals surface area contributed by atoms with Crippen LogP contribution in [0.3, 0.4) is 0 Å². The van der Waals surface area contributed by atoms with Gasteiger partial charge in [0.15, 0.2) is 0 Å². The highest BCUT2D eigenvalue weighted by atomic mass is 19.1. The molecule has 1 fully saturated rings. The van der Waals surface area contributed by atoms with Crippen LogP contribution in [-0.4, -0.2) is 33.9 Å². The fourth-order valence-corrected chi connectivity index (χ4v) is 3.79. The van der Waals surface area contributed by atoms with Gasteiger partial charge in [-0.1, -0.05) is 12.1 Å². The number of aromatic nitrogens is 1. The molecular weight excluding hydrogens is 375 g/mol. The van der Waals surface area contributed by atoms with Crippen molar-refractivity contribution in [2.75, 3.05) is 6.54 Å². The molecule has 0 spiro atoms. The van der Waals surface area contributed by atoms with Crippen molar-refractivity contribution >= 4 is 11.7 Å². The standard InChI is InChI=1S/C22H25FN2O4/c23-18-4-1-15(2-5-18)13-22(29)10-7-16(8-11-22)19(26)9-12-24-21(28)17-3-6-20(27)25-14-17/h1-6,14,16,29H,7-13H2,(H,24,28)(H,25,27). The molecule has 1 aliphatic carbocycles. The lowest BCUT2D eigenvalue weighted by Gasteiger charge is -2.35. The first-order valence-electron chi connectivity index (χ1n) is 9.81. The Balaban J connectivity index is 1.42. The number of aliphatic hydroxyl groups is 1. The molecule has 0 atom stereocenters. The van der Waals surface area contributed by atoms with Crippen molar-refractivity contribution in [3.63, 3.8) is 0 Å². The fraction of sp³-hybridized carbons (Fsp3) is 0.409. The van der Waals surface area contributed by atoms with Gasteiger partial charge in [0.05, 0.1) is 11.2 Å². The molecule has 3 rings (SSSR count). The van der Waals surface area contributed by atoms with Crippen molar-refractivity contribution in [1.29, 1.82) is 0 Å². The maximum absolute atomic E-state index is 13.0. The van der Waals surface area contributed by atoms with E-state index < -0.39 is 5.60 Å². The van der Waals surface area contributed by atoms with E-state index in [1.54, 1.807) is 12.1 Å². The van der Waals surface area contributed by atoms with E-state index in [0.29, 0.717) is 37.7 Å². The zero-order valence-corrected chi connectivity index (χ0v) is 16.1. The van der Waals surface area contributed by atoms with E-state index >= 15 is 0 Å². The van der Waals surface area contributed by atoms with Crippen LogP contribution in [0.5, 0.6) is 0 Å². The SMILES string of the molecule is O=C(NCCC(=O)C1CCC(O)(Cc2ccc(F)cc2)CC1)c1ccc(=O)[nH]c1. The molecule has 0 aliphatic heterocycles. The second kappa shape index (κ2) is 9.13. The number of nitrogens with one attached hydrogen (secondary N) is 2. The number of ketones is 1. The number of amides is 1. The van der Waals surface area contributed by atoms with Crippen molar-refractivity contribution in [3.8, 4) is 0 Å². The Morgan fingerprint density at radius 1 is 1.14 bits per heavy atom. The molecule has 6 nitrogen and oxygen atoms in total. The molecule has 0 radical (unpaired) electrons. The number of benzene rings is 1. The topological polar surface area (TPSA) is 99.3 Å². The van der Waals surface area contributed by atoms with Gasteiger partial charge in [0.2, 0.25) is 5.56 Å². The van der Waals surface area contributed by atoms with Gasteiger partial charge in [0.1, 0.15) is 11.6 Å². The highest BCUT2D eigenvalue weighted by Gasteiger charge is 2.35. The molecule has 1 saturated carbocycles. The van der Waals surface area contributed by atoms with Crippen molar-refractivity contribution in [1.82, 2.24) is 10.3 Å². The number of aromatic amines is 1. The lowest BCUT2D eigenvalue weighted by atomic mass is 9.74. The van der Waals surface area contributed by atoms with Crippen LogP contribution in [0.2, 0.25) is 0 Å². The average molecular weight is 400 g/mol. The number of halogens is 1. The van der Waals surface area contributed by atoms with Gasteiger partial charge in [-0.15, -0.1) is 0 Å². The van der Waals surface area contributed by atoms with Crippen LogP contribution >= 0.6 is 0 Å². The quantitative estimate of drug-likeness (QED) is 0.664. The highest BCUT2D eigenvalue weighted by molar-refractivity contribution is 5.94. The Labute approximate surface area is 168 Å². The van der Waals surface area contributed by atoms with Crippen LogP contribution in [0, 0.1) is 11.7 Å². The van der Waals surface area contributed by atoms with Gasteiger partial charge in [0, 0.05) is 37.6 Å². The van der Waals surface area contributed by atoms with E-state index in [1.807, 2.05) is 0 Å². The second-order valence-corrected chi connectivity index (χ2v) is 7.72. The van der Waals surface area contributed by atoms with Gasteiger partial charge >= 0.3 is 0 Å². The van der Waals surface area contributed by atoms with Crippen molar-refractivity contribution < 1.29 is 19.1 Å². The number of rotatable bonds is 7. The number of pyridine rings is 1. The van der Waals surface area contributed by atoms with E-state index in [0.717, 1.165) is 5.56 Å². The zero-order chi connectivity index (χ0) is 20.9. The van der Waals surface area contributed by atoms with Gasteiger partial charge in [-0.2, -0.15) is 0 Å². The molecule has 7 heteroatoms. The predicted octanol–water partition coefficient (Wildman–Crippen LogP) is 2.37. The van der Waals surface area contributed by atoms with Gasteiger partial charge in [-0.05, 0) is 49.4 Å². The maximum Gasteiger partial charge on any atom is 0.252 e. The maximum atomic E-state index is 13.0. The molecule has 1 amide bonds. The second-order valence-electron chi connectivity index (χ2n) is 7.72. The largest absolute Gasteiger partial charge is 0.390 e. The molecule has 3 N–H and O–H groups in total. The van der Waals surface area contributed by atoms with Crippen molar-refractivity contribution in [2.45, 2.75) is 44.1 Å². The molecule has 0 unspecified atom stereocenters. The smallest absolute Gasteiger partial charge is 0.252 e. The molecule has 1 aromatic heterocycles. The van der Waals surface area contributed by atoms with Gasteiger partial charge < -0.3 is 15.4 Å². The summed E-state index contributed by atoms with van der Waals surface area (Å²) in [5, 5.41) is 13.5. The van der Waals surface area contributed by atoms with Crippen LogP contribution in [-0.2, 0) is 11.2 Å². The summed E-state index contributed by atoms with van der Waals surface area (Å²) < 4.78 is 13.0. The molecule has 1 aliphatic rings. The summed E-state index contributed by atoms with van der Waals surface area (Å²) in [6, 6.07) is 8.82. The molecule has 0 saturated heterocycles. The minimum atomic E-state index is -0.868. The fourth-order valence-electron chi connectivity index (χ4n) is 3.79. The van der Waals surface area contributed by atoms with Gasteiger partial charge in [-0.25, -0.2) is 4.39 Å². The summed E-state index contributed by atoms with van der Waals surface area (Å²) in [4.78, 5) is 37.9. The monoisotopic (exact) mass is 400 g/mol. The van der Waals surface area contributed by atoms with Crippen molar-refractivity contribution in [2.24, 2.45) is 5.92 Å². The minimum absolute atomic E-state index is 0.0793. The molecule has 1 aromatic carbocycles. The number of carbonyl (C=O) groups excluding carboxylic acids is 2. The number of H-pyrrole nitrogens is 1. The Morgan fingerprint density at radius 2 is 1.83 bits per heavy atom. The minimum Gasteiger partial charge on any atom is -0.390 e. The van der Waals surface area contributed by atoms with Crippen LogP contribution in [0.15, 0.2) is 47.4 Å². The molecule has 0 bridgehead atoms. The number of carbonyl (C=O) groups is 2. The van der Waals surface area contributed by atoms with Crippen LogP contribution in [0.25, 0.3) is 0 Å². The highest BCUT2D eigenvalue weighted by Crippen LogP contribution is 2.35. The summed E-state index contributed by atoms with van der Waals surface area (Å²) >= 11 is 0. The van der Waals surface area contributed by atoms with E-state index in [1.165, 1.54) is 30.5 Å².